The predicted molar refractivity (Wildman–Crippen MR) is 93.4 cm³/mol. The summed E-state index contributed by atoms with van der Waals surface area (Å²) in [5, 5.41) is 15.9. The van der Waals surface area contributed by atoms with Crippen molar-refractivity contribution in [2.45, 2.75) is 70.9 Å². The molecule has 3 N–H and O–H groups in total. The monoisotopic (exact) mass is 325 g/mol. The molecule has 0 aromatic carbocycles. The molecule has 2 rings (SSSR count). The zero-order valence-corrected chi connectivity index (χ0v) is 14.9. The predicted octanol–water partition coefficient (Wildman–Crippen LogP) is 2.35. The summed E-state index contributed by atoms with van der Waals surface area (Å²) in [6.07, 6.45) is 7.10. The number of carbonyl (C=O) groups excluding carboxylic acids is 1. The lowest BCUT2D eigenvalue weighted by molar-refractivity contribution is 0.0940. The number of aliphatic hydroxyl groups is 1. The van der Waals surface area contributed by atoms with Crippen molar-refractivity contribution >= 4 is 6.03 Å². The molecule has 1 aliphatic heterocycles. The van der Waals surface area contributed by atoms with Crippen LogP contribution in [0.3, 0.4) is 0 Å². The van der Waals surface area contributed by atoms with Crippen molar-refractivity contribution < 1.29 is 9.90 Å². The zero-order chi connectivity index (χ0) is 16.7. The number of aliphatic hydroxyl groups excluding tert-OH is 1. The molecular weight excluding hydrogens is 290 g/mol. The molecule has 1 aliphatic carbocycles. The zero-order valence-electron chi connectivity index (χ0n) is 14.9. The van der Waals surface area contributed by atoms with Gasteiger partial charge in [-0.3, -0.25) is 0 Å². The Hall–Kier alpha value is -0.810. The highest BCUT2D eigenvalue weighted by molar-refractivity contribution is 5.74. The van der Waals surface area contributed by atoms with E-state index in [0.717, 1.165) is 51.2 Å². The summed E-state index contributed by atoms with van der Waals surface area (Å²) >= 11 is 0. The number of nitrogens with zero attached hydrogens (tertiary/aromatic N) is 1. The van der Waals surface area contributed by atoms with Gasteiger partial charge >= 0.3 is 6.03 Å². The van der Waals surface area contributed by atoms with Gasteiger partial charge in [0.25, 0.3) is 0 Å². The maximum Gasteiger partial charge on any atom is 0.315 e. The van der Waals surface area contributed by atoms with Crippen LogP contribution in [0, 0.1) is 11.8 Å². The van der Waals surface area contributed by atoms with Crippen LogP contribution in [0.5, 0.6) is 0 Å². The van der Waals surface area contributed by atoms with Crippen LogP contribution < -0.4 is 10.6 Å². The first-order valence-corrected chi connectivity index (χ1v) is 9.49. The molecule has 0 bridgehead atoms. The fourth-order valence-electron chi connectivity index (χ4n) is 3.59. The molecule has 1 saturated carbocycles. The first-order chi connectivity index (χ1) is 11.0. The second-order valence-electron chi connectivity index (χ2n) is 7.78. The molecule has 0 spiro atoms. The number of hydrogen-bond donors (Lipinski definition) is 3. The van der Waals surface area contributed by atoms with Gasteiger partial charge in [-0.15, -0.1) is 0 Å². The lowest BCUT2D eigenvalue weighted by atomic mass is 9.93. The molecule has 1 saturated heterocycles. The van der Waals surface area contributed by atoms with Gasteiger partial charge in [-0.25, -0.2) is 4.79 Å². The molecule has 5 nitrogen and oxygen atoms in total. The molecule has 5 heteroatoms. The van der Waals surface area contributed by atoms with Crippen molar-refractivity contribution in [1.29, 1.82) is 0 Å². The molecule has 23 heavy (non-hydrogen) atoms. The quantitative estimate of drug-likeness (QED) is 0.702. The first-order valence-electron chi connectivity index (χ1n) is 9.49. The maximum atomic E-state index is 12.0. The van der Waals surface area contributed by atoms with Crippen LogP contribution in [0.4, 0.5) is 4.79 Å². The van der Waals surface area contributed by atoms with E-state index in [9.17, 15) is 9.90 Å². The van der Waals surface area contributed by atoms with Crippen LogP contribution in [-0.4, -0.2) is 54.4 Å². The number of piperidine rings is 1. The lowest BCUT2D eigenvalue weighted by Crippen LogP contribution is -2.50. The van der Waals surface area contributed by atoms with Gasteiger partial charge in [-0.2, -0.15) is 0 Å². The number of hydrogen-bond acceptors (Lipinski definition) is 3. The Balaban J connectivity index is 1.58. The molecule has 2 amide bonds. The van der Waals surface area contributed by atoms with E-state index in [2.05, 4.69) is 29.4 Å². The highest BCUT2D eigenvalue weighted by atomic mass is 16.3. The summed E-state index contributed by atoms with van der Waals surface area (Å²) in [5.74, 6) is 1.36. The Labute approximate surface area is 141 Å². The van der Waals surface area contributed by atoms with Gasteiger partial charge in [0.1, 0.15) is 0 Å². The Morgan fingerprint density at radius 3 is 2.52 bits per heavy atom. The molecule has 2 fully saturated rings. The average molecular weight is 325 g/mol. The molecule has 2 unspecified atom stereocenters. The van der Waals surface area contributed by atoms with E-state index in [-0.39, 0.29) is 18.2 Å². The maximum absolute atomic E-state index is 12.0. The van der Waals surface area contributed by atoms with Gasteiger partial charge < -0.3 is 20.6 Å². The van der Waals surface area contributed by atoms with Crippen molar-refractivity contribution in [1.82, 2.24) is 15.5 Å². The molecule has 0 radical (unpaired) electrons. The summed E-state index contributed by atoms with van der Waals surface area (Å²) < 4.78 is 0. The summed E-state index contributed by atoms with van der Waals surface area (Å²) in [6, 6.07) is -0.181. The Morgan fingerprint density at radius 2 is 1.87 bits per heavy atom. The Kier molecular flexibility index (Phi) is 7.63. The highest BCUT2D eigenvalue weighted by Gasteiger charge is 2.25. The van der Waals surface area contributed by atoms with Gasteiger partial charge in [0, 0.05) is 6.54 Å². The van der Waals surface area contributed by atoms with Crippen molar-refractivity contribution in [2.75, 3.05) is 26.2 Å². The molecule has 2 atom stereocenters. The summed E-state index contributed by atoms with van der Waals surface area (Å²) in [4.78, 5) is 14.5. The molecule has 2 aliphatic rings. The number of rotatable bonds is 6. The first kappa shape index (κ1) is 18.5. The molecule has 0 aromatic rings. The van der Waals surface area contributed by atoms with Crippen molar-refractivity contribution in [3.05, 3.63) is 0 Å². The second-order valence-corrected chi connectivity index (χ2v) is 7.78. The van der Waals surface area contributed by atoms with E-state index in [1.54, 1.807) is 0 Å². The second kappa shape index (κ2) is 9.48. The topological polar surface area (TPSA) is 64.6 Å². The molecule has 134 valence electrons. The molecule has 0 aromatic heterocycles. The van der Waals surface area contributed by atoms with E-state index in [4.69, 9.17) is 0 Å². The van der Waals surface area contributed by atoms with Crippen LogP contribution in [-0.2, 0) is 0 Å². The largest absolute Gasteiger partial charge is 0.391 e. The summed E-state index contributed by atoms with van der Waals surface area (Å²) in [6.45, 7) is 8.83. The van der Waals surface area contributed by atoms with E-state index in [0.29, 0.717) is 5.92 Å². The van der Waals surface area contributed by atoms with Gasteiger partial charge in [0.15, 0.2) is 0 Å². The van der Waals surface area contributed by atoms with E-state index in [1.807, 2.05) is 0 Å². The third-order valence-corrected chi connectivity index (χ3v) is 5.33. The standard InChI is InChI=1S/C18H35N3O2/c1-14(2)7-10-21-11-8-15(9-12-21)13-19-18(23)20-16-5-3-4-6-17(16)22/h14-17,22H,3-13H2,1-2H3,(H2,19,20,23). The minimum Gasteiger partial charge on any atom is -0.391 e. The van der Waals surface area contributed by atoms with E-state index in [1.165, 1.54) is 25.8 Å². The number of likely N-dealkylation sites (tertiary alicyclic amines) is 1. The fourth-order valence-corrected chi connectivity index (χ4v) is 3.59. The fraction of sp³-hybridized carbons (Fsp3) is 0.944. The number of carbonyl (C=O) groups is 1. The van der Waals surface area contributed by atoms with E-state index < -0.39 is 0 Å². The number of nitrogens with one attached hydrogen (secondary N) is 2. The molecule has 1 heterocycles. The van der Waals surface area contributed by atoms with Crippen molar-refractivity contribution in [2.24, 2.45) is 11.8 Å². The van der Waals surface area contributed by atoms with Crippen molar-refractivity contribution in [3.8, 4) is 0 Å². The minimum absolute atomic E-state index is 0.0679. The SMILES string of the molecule is CC(C)CCN1CCC(CNC(=O)NC2CCCCC2O)CC1. The van der Waals surface area contributed by atoms with Crippen LogP contribution in [0.25, 0.3) is 0 Å². The summed E-state index contributed by atoms with van der Waals surface area (Å²) in [5.41, 5.74) is 0. The van der Waals surface area contributed by atoms with Crippen LogP contribution >= 0.6 is 0 Å². The highest BCUT2D eigenvalue weighted by Crippen LogP contribution is 2.19. The van der Waals surface area contributed by atoms with Gasteiger partial charge in [0.05, 0.1) is 12.1 Å². The lowest BCUT2D eigenvalue weighted by Gasteiger charge is -2.33. The van der Waals surface area contributed by atoms with Gasteiger partial charge in [-0.1, -0.05) is 26.7 Å². The normalized spacial score (nSPS) is 27.1. The Bertz CT molecular complexity index is 354. The smallest absolute Gasteiger partial charge is 0.315 e. The number of urea groups is 1. The van der Waals surface area contributed by atoms with Crippen LogP contribution in [0.15, 0.2) is 0 Å². The third kappa shape index (κ3) is 6.68. The van der Waals surface area contributed by atoms with Crippen LogP contribution in [0.2, 0.25) is 0 Å². The van der Waals surface area contributed by atoms with Crippen molar-refractivity contribution in [3.63, 3.8) is 0 Å². The average Bonchev–Trinajstić information content (AvgIpc) is 2.54. The minimum atomic E-state index is -0.376. The van der Waals surface area contributed by atoms with Gasteiger partial charge in [0.2, 0.25) is 0 Å². The number of amides is 2. The van der Waals surface area contributed by atoms with Crippen LogP contribution in [0.1, 0.15) is 58.8 Å². The molecular formula is C18H35N3O2. The van der Waals surface area contributed by atoms with Gasteiger partial charge in [-0.05, 0) is 63.6 Å². The Morgan fingerprint density at radius 1 is 1.17 bits per heavy atom. The third-order valence-electron chi connectivity index (χ3n) is 5.33. The van der Waals surface area contributed by atoms with E-state index >= 15 is 0 Å². The summed E-state index contributed by atoms with van der Waals surface area (Å²) in [7, 11) is 0.